The summed E-state index contributed by atoms with van der Waals surface area (Å²) in [5.41, 5.74) is 1.01. The fourth-order valence-electron chi connectivity index (χ4n) is 2.08. The minimum atomic E-state index is -0.442. The zero-order valence-corrected chi connectivity index (χ0v) is 11.7. The number of rotatable bonds is 3. The van der Waals surface area contributed by atoms with E-state index in [1.54, 1.807) is 30.6 Å². The van der Waals surface area contributed by atoms with Crippen LogP contribution in [0.4, 0.5) is 4.39 Å². The maximum atomic E-state index is 13.4. The Kier molecular flexibility index (Phi) is 3.12. The summed E-state index contributed by atoms with van der Waals surface area (Å²) in [7, 11) is 0. The molecule has 0 aliphatic heterocycles. The first kappa shape index (κ1) is 13.3. The smallest absolute Gasteiger partial charge is 0.255 e. The maximum Gasteiger partial charge on any atom is 0.255 e. The lowest BCUT2D eigenvalue weighted by Gasteiger charge is -2.08. The molecule has 4 aromatic heterocycles. The van der Waals surface area contributed by atoms with Gasteiger partial charge >= 0.3 is 0 Å². The van der Waals surface area contributed by atoms with Gasteiger partial charge in [0.15, 0.2) is 0 Å². The molecule has 0 N–H and O–H groups in total. The maximum absolute atomic E-state index is 13.4. The van der Waals surface area contributed by atoms with Gasteiger partial charge in [0.25, 0.3) is 5.78 Å². The first-order valence-corrected chi connectivity index (χ1v) is 6.69. The largest absolute Gasteiger partial charge is 0.439 e. The summed E-state index contributed by atoms with van der Waals surface area (Å²) < 4.78 is 20.7. The van der Waals surface area contributed by atoms with Crippen molar-refractivity contribution >= 4 is 5.78 Å². The molecule has 4 aromatic rings. The van der Waals surface area contributed by atoms with Crippen LogP contribution in [0.2, 0.25) is 0 Å². The quantitative estimate of drug-likeness (QED) is 0.578. The second-order valence-electron chi connectivity index (χ2n) is 4.63. The molecule has 112 valence electrons. The summed E-state index contributed by atoms with van der Waals surface area (Å²) in [4.78, 5) is 16.2. The first-order chi connectivity index (χ1) is 11.3. The van der Waals surface area contributed by atoms with E-state index in [4.69, 9.17) is 4.74 Å². The second-order valence-corrected chi connectivity index (χ2v) is 4.63. The van der Waals surface area contributed by atoms with Crippen molar-refractivity contribution in [1.82, 2.24) is 29.5 Å². The molecular formula is C15H9FN6O. The van der Waals surface area contributed by atoms with Crippen molar-refractivity contribution in [1.29, 1.82) is 0 Å². The Bertz CT molecular complexity index is 972. The van der Waals surface area contributed by atoms with Crippen LogP contribution in [0, 0.1) is 5.82 Å². The van der Waals surface area contributed by atoms with Crippen LogP contribution in [0.3, 0.4) is 0 Å². The van der Waals surface area contributed by atoms with Crippen LogP contribution in [0.1, 0.15) is 0 Å². The van der Waals surface area contributed by atoms with E-state index in [-0.39, 0.29) is 0 Å². The topological polar surface area (TPSA) is 78.1 Å². The molecule has 0 radical (unpaired) electrons. The number of hydrogen-bond acceptors (Lipinski definition) is 6. The Morgan fingerprint density at radius 1 is 1.04 bits per heavy atom. The third-order valence-electron chi connectivity index (χ3n) is 3.09. The van der Waals surface area contributed by atoms with E-state index in [9.17, 15) is 4.39 Å². The fraction of sp³-hybridized carbons (Fsp3) is 0. The second kappa shape index (κ2) is 5.41. The highest BCUT2D eigenvalue weighted by Gasteiger charge is 2.12. The van der Waals surface area contributed by atoms with Crippen LogP contribution >= 0.6 is 0 Å². The zero-order valence-electron chi connectivity index (χ0n) is 11.7. The molecule has 0 aliphatic carbocycles. The van der Waals surface area contributed by atoms with Crippen molar-refractivity contribution < 1.29 is 9.13 Å². The van der Waals surface area contributed by atoms with E-state index in [0.717, 1.165) is 6.20 Å². The van der Waals surface area contributed by atoms with Gasteiger partial charge in [-0.25, -0.2) is 9.37 Å². The minimum absolute atomic E-state index is 0.343. The predicted octanol–water partition coefficient (Wildman–Crippen LogP) is 2.51. The average Bonchev–Trinajstić information content (AvgIpc) is 3.05. The lowest BCUT2D eigenvalue weighted by atomic mass is 10.2. The van der Waals surface area contributed by atoms with Crippen LogP contribution in [-0.4, -0.2) is 29.5 Å². The van der Waals surface area contributed by atoms with Crippen LogP contribution in [0.25, 0.3) is 17.0 Å². The monoisotopic (exact) mass is 308 g/mol. The van der Waals surface area contributed by atoms with E-state index in [2.05, 4.69) is 25.0 Å². The van der Waals surface area contributed by atoms with Gasteiger partial charge in [-0.2, -0.15) is 14.6 Å². The number of pyridine rings is 2. The highest BCUT2D eigenvalue weighted by molar-refractivity contribution is 5.61. The van der Waals surface area contributed by atoms with Gasteiger partial charge in [-0.3, -0.25) is 9.97 Å². The molecule has 0 aliphatic rings. The van der Waals surface area contributed by atoms with Crippen molar-refractivity contribution in [2.45, 2.75) is 0 Å². The van der Waals surface area contributed by atoms with E-state index in [0.29, 0.717) is 28.7 Å². The molecule has 0 amide bonds. The Labute approximate surface area is 129 Å². The van der Waals surface area contributed by atoms with Gasteiger partial charge in [-0.05, 0) is 18.2 Å². The molecule has 0 bridgehead atoms. The molecule has 0 fully saturated rings. The van der Waals surface area contributed by atoms with E-state index in [1.807, 2.05) is 0 Å². The molecule has 7 nitrogen and oxygen atoms in total. The third-order valence-corrected chi connectivity index (χ3v) is 3.09. The third kappa shape index (κ3) is 2.57. The summed E-state index contributed by atoms with van der Waals surface area (Å²) >= 11 is 0. The molecule has 0 unspecified atom stereocenters. The first-order valence-electron chi connectivity index (χ1n) is 6.69. The highest BCUT2D eigenvalue weighted by Crippen LogP contribution is 2.26. The van der Waals surface area contributed by atoms with E-state index < -0.39 is 5.82 Å². The number of halogens is 1. The highest BCUT2D eigenvalue weighted by atomic mass is 19.1. The van der Waals surface area contributed by atoms with Crippen LogP contribution in [0.15, 0.2) is 55.4 Å². The van der Waals surface area contributed by atoms with Gasteiger partial charge in [-0.15, -0.1) is 0 Å². The van der Waals surface area contributed by atoms with E-state index in [1.165, 1.54) is 23.1 Å². The summed E-state index contributed by atoms with van der Waals surface area (Å²) in [6, 6.07) is 6.43. The molecule has 8 heteroatoms. The van der Waals surface area contributed by atoms with Crippen molar-refractivity contribution in [2.75, 3.05) is 0 Å². The molecule has 0 spiro atoms. The van der Waals surface area contributed by atoms with Gasteiger partial charge < -0.3 is 4.74 Å². The van der Waals surface area contributed by atoms with Crippen LogP contribution in [0.5, 0.6) is 11.6 Å². The summed E-state index contributed by atoms with van der Waals surface area (Å²) in [6.07, 6.45) is 7.26. The molecular weight excluding hydrogens is 299 g/mol. The van der Waals surface area contributed by atoms with Crippen molar-refractivity contribution in [2.24, 2.45) is 0 Å². The normalized spacial score (nSPS) is 10.8. The zero-order chi connectivity index (χ0) is 15.6. The van der Waals surface area contributed by atoms with Crippen LogP contribution < -0.4 is 4.74 Å². The summed E-state index contributed by atoms with van der Waals surface area (Å²) in [5, 5.41) is 4.08. The molecule has 23 heavy (non-hydrogen) atoms. The molecule has 0 saturated heterocycles. The lowest BCUT2D eigenvalue weighted by molar-refractivity contribution is 0.445. The van der Waals surface area contributed by atoms with E-state index >= 15 is 0 Å². The van der Waals surface area contributed by atoms with Crippen molar-refractivity contribution in [3.8, 4) is 22.9 Å². The molecule has 0 aromatic carbocycles. The van der Waals surface area contributed by atoms with Gasteiger partial charge in [0, 0.05) is 30.2 Å². The Morgan fingerprint density at radius 3 is 2.74 bits per heavy atom. The van der Waals surface area contributed by atoms with Crippen molar-refractivity contribution in [3.05, 3.63) is 61.2 Å². The molecule has 4 heterocycles. The Balaban J connectivity index is 1.84. The standard InChI is InChI=1S/C15H9FN6O/c16-11-5-10(7-18-8-11)13-6-14(22-15(21-13)19-9-20-22)23-12-1-3-17-4-2-12/h1-9H. The number of nitrogens with zero attached hydrogens (tertiary/aromatic N) is 6. The van der Waals surface area contributed by atoms with Crippen LogP contribution in [-0.2, 0) is 0 Å². The predicted molar refractivity (Wildman–Crippen MR) is 78.3 cm³/mol. The molecule has 0 atom stereocenters. The number of ether oxygens (including phenoxy) is 1. The summed E-state index contributed by atoms with van der Waals surface area (Å²) in [6.45, 7) is 0. The Hall–Kier alpha value is -3.42. The van der Waals surface area contributed by atoms with Gasteiger partial charge in [-0.1, -0.05) is 0 Å². The number of hydrogen-bond donors (Lipinski definition) is 0. The van der Waals surface area contributed by atoms with Gasteiger partial charge in [0.2, 0.25) is 5.88 Å². The SMILES string of the molecule is Fc1cncc(-c2cc(Oc3ccncc3)n3ncnc3n2)c1. The average molecular weight is 308 g/mol. The number of aromatic nitrogens is 6. The molecule has 4 rings (SSSR count). The van der Waals surface area contributed by atoms with Gasteiger partial charge in [0.1, 0.15) is 17.9 Å². The Morgan fingerprint density at radius 2 is 1.91 bits per heavy atom. The minimum Gasteiger partial charge on any atom is -0.439 e. The lowest BCUT2D eigenvalue weighted by Crippen LogP contribution is -1.99. The number of fused-ring (bicyclic) bond motifs is 1. The van der Waals surface area contributed by atoms with Crippen molar-refractivity contribution in [3.63, 3.8) is 0 Å². The fourth-order valence-corrected chi connectivity index (χ4v) is 2.08. The summed E-state index contributed by atoms with van der Waals surface area (Å²) in [5.74, 6) is 0.891. The van der Waals surface area contributed by atoms with Gasteiger partial charge in [0.05, 0.1) is 11.9 Å². The molecule has 0 saturated carbocycles.